The Hall–Kier alpha value is -0.480. The Morgan fingerprint density at radius 1 is 1.35 bits per heavy atom. The minimum absolute atomic E-state index is 0. The number of amides is 1. The molecule has 1 rings (SSSR count). The average molecular weight is 340 g/mol. The van der Waals surface area contributed by atoms with Crippen LogP contribution in [0.25, 0.3) is 0 Å². The molecule has 1 unspecified atom stereocenters. The number of nitrogens with one attached hydrogen (secondary N) is 1. The summed E-state index contributed by atoms with van der Waals surface area (Å²) in [7, 11) is 0. The zero-order valence-electron chi connectivity index (χ0n) is 11.7. The summed E-state index contributed by atoms with van der Waals surface area (Å²) in [5.74, 6) is -0.141. The van der Waals surface area contributed by atoms with Crippen molar-refractivity contribution >= 4 is 41.5 Å². The second-order valence-electron chi connectivity index (χ2n) is 4.87. The van der Waals surface area contributed by atoms with Crippen molar-refractivity contribution in [2.45, 2.75) is 38.6 Å². The van der Waals surface area contributed by atoms with Gasteiger partial charge in [0.05, 0.1) is 5.54 Å². The molecule has 114 valence electrons. The molecule has 3 nitrogen and oxygen atoms in total. The lowest BCUT2D eigenvalue weighted by atomic mass is 9.96. The zero-order chi connectivity index (χ0) is 14.5. The third-order valence-electron chi connectivity index (χ3n) is 3.01. The predicted octanol–water partition coefficient (Wildman–Crippen LogP) is 3.59. The lowest BCUT2D eigenvalue weighted by Gasteiger charge is -2.22. The number of benzene rings is 1. The maximum Gasteiger partial charge on any atom is 0.239 e. The zero-order valence-corrected chi connectivity index (χ0v) is 14.0. The number of carbonyl (C=O) groups excluding carboxylic acids is 1. The van der Waals surface area contributed by atoms with E-state index in [2.05, 4.69) is 5.32 Å². The van der Waals surface area contributed by atoms with Crippen LogP contribution in [0.5, 0.6) is 0 Å². The van der Waals surface area contributed by atoms with E-state index in [4.69, 9.17) is 28.9 Å². The molecule has 1 atom stereocenters. The van der Waals surface area contributed by atoms with E-state index >= 15 is 0 Å². The van der Waals surface area contributed by atoms with Gasteiger partial charge in [-0.1, -0.05) is 42.6 Å². The van der Waals surface area contributed by atoms with Crippen molar-refractivity contribution in [1.82, 2.24) is 5.32 Å². The molecule has 0 spiro atoms. The number of hydrogen-bond donors (Lipinski definition) is 2. The van der Waals surface area contributed by atoms with Gasteiger partial charge in [-0.2, -0.15) is 0 Å². The minimum atomic E-state index is -0.820. The fourth-order valence-corrected chi connectivity index (χ4v) is 2.49. The first-order chi connectivity index (χ1) is 8.88. The molecule has 0 saturated heterocycles. The van der Waals surface area contributed by atoms with Gasteiger partial charge >= 0.3 is 0 Å². The molecule has 1 aromatic carbocycles. The highest BCUT2D eigenvalue weighted by atomic mass is 35.5. The van der Waals surface area contributed by atoms with Crippen LogP contribution >= 0.6 is 35.6 Å². The van der Waals surface area contributed by atoms with Gasteiger partial charge in [-0.3, -0.25) is 4.79 Å². The molecule has 1 aromatic rings. The van der Waals surface area contributed by atoms with E-state index in [1.165, 1.54) is 0 Å². The van der Waals surface area contributed by atoms with Crippen LogP contribution in [0.4, 0.5) is 0 Å². The summed E-state index contributed by atoms with van der Waals surface area (Å²) in [6.45, 7) is 4.22. The van der Waals surface area contributed by atoms with Crippen LogP contribution in [0.2, 0.25) is 10.0 Å². The maximum atomic E-state index is 11.9. The van der Waals surface area contributed by atoms with E-state index in [1.807, 2.05) is 6.92 Å². The first-order valence-corrected chi connectivity index (χ1v) is 7.14. The van der Waals surface area contributed by atoms with Gasteiger partial charge in [-0.25, -0.2) is 0 Å². The fourth-order valence-electron chi connectivity index (χ4n) is 1.91. The maximum absolute atomic E-state index is 11.9. The second-order valence-corrected chi connectivity index (χ2v) is 5.69. The molecule has 6 heteroatoms. The molecule has 1 amide bonds. The Morgan fingerprint density at radius 2 is 1.90 bits per heavy atom. The smallest absolute Gasteiger partial charge is 0.239 e. The van der Waals surface area contributed by atoms with E-state index in [1.54, 1.807) is 25.1 Å². The summed E-state index contributed by atoms with van der Waals surface area (Å²) in [6.07, 6.45) is 2.12. The summed E-state index contributed by atoms with van der Waals surface area (Å²) < 4.78 is 0. The Morgan fingerprint density at radius 3 is 2.40 bits per heavy atom. The minimum Gasteiger partial charge on any atom is -0.354 e. The molecule has 0 heterocycles. The predicted molar refractivity (Wildman–Crippen MR) is 87.9 cm³/mol. The van der Waals surface area contributed by atoms with Gasteiger partial charge in [0.15, 0.2) is 0 Å². The number of halogens is 3. The van der Waals surface area contributed by atoms with Crippen molar-refractivity contribution in [3.05, 3.63) is 33.8 Å². The molecule has 0 fully saturated rings. The molecule has 0 aliphatic rings. The molecular weight excluding hydrogens is 319 g/mol. The van der Waals surface area contributed by atoms with Crippen LogP contribution in [0.3, 0.4) is 0 Å². The third-order valence-corrected chi connectivity index (χ3v) is 3.72. The van der Waals surface area contributed by atoms with E-state index in [0.717, 1.165) is 12.0 Å². The monoisotopic (exact) mass is 338 g/mol. The highest BCUT2D eigenvalue weighted by Gasteiger charge is 2.26. The van der Waals surface area contributed by atoms with Crippen molar-refractivity contribution in [2.24, 2.45) is 5.73 Å². The highest BCUT2D eigenvalue weighted by Crippen LogP contribution is 2.24. The molecule has 0 saturated carbocycles. The molecule has 0 aromatic heterocycles. The number of carbonyl (C=O) groups is 1. The van der Waals surface area contributed by atoms with Crippen LogP contribution in [-0.2, 0) is 11.2 Å². The molecule has 20 heavy (non-hydrogen) atoms. The lowest BCUT2D eigenvalue weighted by Crippen LogP contribution is -2.51. The number of rotatable bonds is 6. The van der Waals surface area contributed by atoms with Crippen molar-refractivity contribution in [2.75, 3.05) is 6.54 Å². The van der Waals surface area contributed by atoms with E-state index in [9.17, 15) is 4.79 Å². The van der Waals surface area contributed by atoms with Crippen LogP contribution in [0.15, 0.2) is 18.2 Å². The first-order valence-electron chi connectivity index (χ1n) is 6.38. The van der Waals surface area contributed by atoms with E-state index < -0.39 is 5.54 Å². The molecular formula is C14H21Cl3N2O. The van der Waals surface area contributed by atoms with Gasteiger partial charge in [0.25, 0.3) is 0 Å². The van der Waals surface area contributed by atoms with Crippen LogP contribution in [-0.4, -0.2) is 18.0 Å². The van der Waals surface area contributed by atoms with Crippen molar-refractivity contribution < 1.29 is 4.79 Å². The largest absolute Gasteiger partial charge is 0.354 e. The van der Waals surface area contributed by atoms with Gasteiger partial charge in [-0.05, 0) is 37.5 Å². The molecule has 0 aliphatic carbocycles. The Labute approximate surface area is 136 Å². The number of nitrogens with two attached hydrogens (primary N) is 1. The first kappa shape index (κ1) is 19.5. The Kier molecular flexibility index (Phi) is 8.52. The lowest BCUT2D eigenvalue weighted by molar-refractivity contribution is -0.126. The summed E-state index contributed by atoms with van der Waals surface area (Å²) in [5.41, 5.74) is 5.97. The molecule has 0 radical (unpaired) electrons. The van der Waals surface area contributed by atoms with Gasteiger partial charge in [0.2, 0.25) is 5.91 Å². The summed E-state index contributed by atoms with van der Waals surface area (Å²) in [5, 5.41) is 4.06. The van der Waals surface area contributed by atoms with Gasteiger partial charge in [0, 0.05) is 16.6 Å². The quantitative estimate of drug-likeness (QED) is 0.832. The SMILES string of the molecule is CCCC(C)(N)C(=O)NCCc1c(Cl)cccc1Cl.Cl. The highest BCUT2D eigenvalue weighted by molar-refractivity contribution is 6.35. The van der Waals surface area contributed by atoms with Crippen LogP contribution in [0, 0.1) is 0 Å². The Bertz CT molecular complexity index is 430. The van der Waals surface area contributed by atoms with Crippen molar-refractivity contribution in [3.8, 4) is 0 Å². The summed E-state index contributed by atoms with van der Waals surface area (Å²) >= 11 is 12.1. The number of hydrogen-bond acceptors (Lipinski definition) is 2. The van der Waals surface area contributed by atoms with Gasteiger partial charge < -0.3 is 11.1 Å². The van der Waals surface area contributed by atoms with E-state index in [0.29, 0.717) is 29.4 Å². The Balaban J connectivity index is 0.00000361. The average Bonchev–Trinajstić information content (AvgIpc) is 2.32. The van der Waals surface area contributed by atoms with Crippen LogP contribution < -0.4 is 11.1 Å². The van der Waals surface area contributed by atoms with Crippen LogP contribution in [0.1, 0.15) is 32.3 Å². The normalized spacial score (nSPS) is 13.2. The topological polar surface area (TPSA) is 55.1 Å². The standard InChI is InChI=1S/C14H20Cl2N2O.ClH/c1-3-8-14(2,17)13(19)18-9-7-10-11(15)5-4-6-12(10)16;/h4-6H,3,7-9,17H2,1-2H3,(H,18,19);1H. The van der Waals surface area contributed by atoms with Gasteiger partial charge in [0.1, 0.15) is 0 Å². The fraction of sp³-hybridized carbons (Fsp3) is 0.500. The molecule has 0 aliphatic heterocycles. The molecule has 3 N–H and O–H groups in total. The summed E-state index contributed by atoms with van der Waals surface area (Å²) in [4.78, 5) is 11.9. The third kappa shape index (κ3) is 5.49. The summed E-state index contributed by atoms with van der Waals surface area (Å²) in [6, 6.07) is 5.37. The van der Waals surface area contributed by atoms with E-state index in [-0.39, 0.29) is 18.3 Å². The molecule has 0 bridgehead atoms. The van der Waals surface area contributed by atoms with Gasteiger partial charge in [-0.15, -0.1) is 12.4 Å². The second kappa shape index (κ2) is 8.73. The van der Waals surface area contributed by atoms with Crippen molar-refractivity contribution in [3.63, 3.8) is 0 Å². The van der Waals surface area contributed by atoms with Crippen molar-refractivity contribution in [1.29, 1.82) is 0 Å².